The van der Waals surface area contributed by atoms with Crippen LogP contribution in [-0.2, 0) is 9.53 Å². The summed E-state index contributed by atoms with van der Waals surface area (Å²) in [5.41, 5.74) is 2.34. The Labute approximate surface area is 212 Å². The highest BCUT2D eigenvalue weighted by Gasteiger charge is 2.59. The second-order valence-electron chi connectivity index (χ2n) is 12.9. The van der Waals surface area contributed by atoms with Crippen molar-refractivity contribution in [2.24, 2.45) is 46.3 Å². The van der Waals surface area contributed by atoms with Crippen molar-refractivity contribution >= 4 is 29.2 Å². The quantitative estimate of drug-likeness (QED) is 0.200. The van der Waals surface area contributed by atoms with Crippen molar-refractivity contribution in [3.05, 3.63) is 11.6 Å². The molecule has 0 bridgehead atoms. The number of esters is 1. The number of fused-ring (bicyclic) bond motifs is 5. The topological polar surface area (TPSA) is 26.3 Å². The first-order valence-corrected chi connectivity index (χ1v) is 14.6. The summed E-state index contributed by atoms with van der Waals surface area (Å²) < 4.78 is 5.61. The number of hydrogen-bond donors (Lipinski definition) is 0. The van der Waals surface area contributed by atoms with Gasteiger partial charge < -0.3 is 4.74 Å². The van der Waals surface area contributed by atoms with E-state index in [1.807, 2.05) is 0 Å². The van der Waals surface area contributed by atoms with Crippen LogP contribution in [0.4, 0.5) is 0 Å². The van der Waals surface area contributed by atoms with E-state index >= 15 is 0 Å². The maximum Gasteiger partial charge on any atom is 0.339 e. The molecule has 0 aromatic heterocycles. The van der Waals surface area contributed by atoms with Gasteiger partial charge in [0.15, 0.2) is 0 Å². The molecule has 8 unspecified atom stereocenters. The lowest BCUT2D eigenvalue weighted by atomic mass is 9.47. The van der Waals surface area contributed by atoms with Crippen LogP contribution in [0.5, 0.6) is 0 Å². The molecule has 2 nitrogen and oxygen atoms in total. The maximum absolute atomic E-state index is 11.9. The zero-order chi connectivity index (χ0) is 24.0. The fourth-order valence-corrected chi connectivity index (χ4v) is 9.07. The van der Waals surface area contributed by atoms with Crippen molar-refractivity contribution < 1.29 is 9.53 Å². The molecule has 4 rings (SSSR count). The first-order valence-electron chi connectivity index (χ1n) is 13.7. The summed E-state index contributed by atoms with van der Waals surface area (Å²) in [4.78, 5) is 10.8. The Kier molecular flexibility index (Phi) is 7.87. The van der Waals surface area contributed by atoms with Crippen molar-refractivity contribution in [3.63, 3.8) is 0 Å². The summed E-state index contributed by atoms with van der Waals surface area (Å²) in [7, 11) is 0. The van der Waals surface area contributed by atoms with Crippen LogP contribution in [0.3, 0.4) is 0 Å². The Bertz CT molecular complexity index is 746. The van der Waals surface area contributed by atoms with Crippen LogP contribution in [0.2, 0.25) is 0 Å². The number of hydrogen-bond acceptors (Lipinski definition) is 2. The Morgan fingerprint density at radius 2 is 1.82 bits per heavy atom. The number of carbonyl (C=O) groups excluding carboxylic acids is 1. The van der Waals surface area contributed by atoms with E-state index in [-0.39, 0.29) is 11.5 Å². The van der Waals surface area contributed by atoms with Gasteiger partial charge in [0.25, 0.3) is 0 Å². The normalized spacial score (nSPS) is 41.2. The third-order valence-corrected chi connectivity index (χ3v) is 11.1. The Morgan fingerprint density at radius 1 is 1.06 bits per heavy atom. The lowest BCUT2D eigenvalue weighted by molar-refractivity contribution is -0.149. The van der Waals surface area contributed by atoms with Crippen LogP contribution in [0, 0.1) is 46.3 Å². The fraction of sp³-hybridized carbons (Fsp3) is 0.897. The van der Waals surface area contributed by atoms with E-state index in [0.717, 1.165) is 54.8 Å². The van der Waals surface area contributed by atoms with Gasteiger partial charge in [0, 0.05) is 6.42 Å². The van der Waals surface area contributed by atoms with E-state index in [0.29, 0.717) is 5.41 Å². The summed E-state index contributed by atoms with van der Waals surface area (Å²) in [6.45, 7) is 12.4. The SMILES string of the molecule is CC(C)CCCC(C)C1CCC2C3CC=C4CC(OC(=O)C(Cl)Cl)CCC4(C)C3CCC12C. The largest absolute Gasteiger partial charge is 0.460 e. The molecule has 0 radical (unpaired) electrons. The molecule has 0 heterocycles. The molecule has 0 aromatic carbocycles. The maximum atomic E-state index is 11.9. The first-order chi connectivity index (χ1) is 15.6. The smallest absolute Gasteiger partial charge is 0.339 e. The lowest BCUT2D eigenvalue weighted by Crippen LogP contribution is -2.51. The molecule has 0 saturated heterocycles. The number of halogens is 2. The summed E-state index contributed by atoms with van der Waals surface area (Å²) in [6.07, 6.45) is 16.4. The summed E-state index contributed by atoms with van der Waals surface area (Å²) in [5, 5.41) is 0. The van der Waals surface area contributed by atoms with Gasteiger partial charge in [0.05, 0.1) is 0 Å². The molecule has 3 saturated carbocycles. The summed E-state index contributed by atoms with van der Waals surface area (Å²) in [5.74, 6) is 4.60. The van der Waals surface area contributed by atoms with Crippen LogP contribution in [0.25, 0.3) is 0 Å². The first kappa shape index (κ1) is 25.9. The number of alkyl halides is 2. The predicted molar refractivity (Wildman–Crippen MR) is 138 cm³/mol. The molecule has 0 amide bonds. The van der Waals surface area contributed by atoms with E-state index in [9.17, 15) is 4.79 Å². The molecular weight excluding hydrogens is 451 g/mol. The highest BCUT2D eigenvalue weighted by molar-refractivity contribution is 6.52. The minimum Gasteiger partial charge on any atom is -0.460 e. The second-order valence-corrected chi connectivity index (χ2v) is 14.0. The van der Waals surface area contributed by atoms with Gasteiger partial charge in [-0.25, -0.2) is 4.79 Å². The minimum atomic E-state index is -1.08. The van der Waals surface area contributed by atoms with Crippen molar-refractivity contribution in [1.82, 2.24) is 0 Å². The van der Waals surface area contributed by atoms with Crippen LogP contribution in [0.15, 0.2) is 11.6 Å². The van der Waals surface area contributed by atoms with E-state index in [2.05, 4.69) is 40.7 Å². The monoisotopic (exact) mass is 496 g/mol. The average Bonchev–Trinajstić information content (AvgIpc) is 3.11. The Balaban J connectivity index is 1.45. The van der Waals surface area contributed by atoms with E-state index in [4.69, 9.17) is 27.9 Å². The highest BCUT2D eigenvalue weighted by Crippen LogP contribution is 2.67. The predicted octanol–water partition coefficient (Wildman–Crippen LogP) is 8.74. The molecular formula is C29H46Cl2O2. The molecule has 188 valence electrons. The zero-order valence-electron chi connectivity index (χ0n) is 21.5. The van der Waals surface area contributed by atoms with Gasteiger partial charge in [0.2, 0.25) is 4.84 Å². The van der Waals surface area contributed by atoms with Gasteiger partial charge in [0.1, 0.15) is 6.10 Å². The summed E-state index contributed by atoms with van der Waals surface area (Å²) >= 11 is 11.4. The average molecular weight is 498 g/mol. The Hall–Kier alpha value is -0.210. The summed E-state index contributed by atoms with van der Waals surface area (Å²) in [6, 6.07) is 0. The van der Waals surface area contributed by atoms with E-state index in [1.54, 1.807) is 0 Å². The van der Waals surface area contributed by atoms with E-state index in [1.165, 1.54) is 56.9 Å². The van der Waals surface area contributed by atoms with Crippen molar-refractivity contribution in [3.8, 4) is 0 Å². The number of carbonyl (C=O) groups is 1. The lowest BCUT2D eigenvalue weighted by Gasteiger charge is -2.58. The molecule has 8 atom stereocenters. The molecule has 4 aliphatic rings. The standard InChI is InChI=1S/C29H46Cl2O2/c1-18(2)7-6-8-19(3)23-11-12-24-22-10-9-20-17-21(33-27(32)26(30)31)13-15-28(20,4)25(22)14-16-29(23,24)5/h9,18-19,21-26H,6-8,10-17H2,1-5H3. The van der Waals surface area contributed by atoms with Gasteiger partial charge in [-0.15, -0.1) is 0 Å². The third kappa shape index (κ3) is 4.91. The molecule has 4 heteroatoms. The van der Waals surface area contributed by atoms with Crippen LogP contribution in [-0.4, -0.2) is 16.9 Å². The number of rotatable bonds is 7. The van der Waals surface area contributed by atoms with Gasteiger partial charge in [-0.05, 0) is 91.3 Å². The molecule has 0 spiro atoms. The van der Waals surface area contributed by atoms with E-state index < -0.39 is 10.8 Å². The van der Waals surface area contributed by atoms with Gasteiger partial charge in [-0.2, -0.15) is 0 Å². The zero-order valence-corrected chi connectivity index (χ0v) is 23.1. The molecule has 3 fully saturated rings. The van der Waals surface area contributed by atoms with Crippen LogP contribution >= 0.6 is 23.2 Å². The second kappa shape index (κ2) is 10.0. The van der Waals surface area contributed by atoms with Gasteiger partial charge in [-0.1, -0.05) is 88.7 Å². The fourth-order valence-electron chi connectivity index (χ4n) is 8.97. The molecule has 4 aliphatic carbocycles. The number of ether oxygens (including phenoxy) is 1. The van der Waals surface area contributed by atoms with Crippen LogP contribution < -0.4 is 0 Å². The highest BCUT2D eigenvalue weighted by atomic mass is 35.5. The van der Waals surface area contributed by atoms with Crippen LogP contribution in [0.1, 0.15) is 105 Å². The molecule has 33 heavy (non-hydrogen) atoms. The molecule has 0 aliphatic heterocycles. The molecule has 0 aromatic rings. The Morgan fingerprint density at radius 3 is 2.52 bits per heavy atom. The van der Waals surface area contributed by atoms with Crippen molar-refractivity contribution in [2.45, 2.75) is 116 Å². The van der Waals surface area contributed by atoms with Crippen molar-refractivity contribution in [2.75, 3.05) is 0 Å². The molecule has 0 N–H and O–H groups in total. The minimum absolute atomic E-state index is 0.0650. The number of allylic oxidation sites excluding steroid dienone is 1. The van der Waals surface area contributed by atoms with Gasteiger partial charge in [-0.3, -0.25) is 0 Å². The third-order valence-electron chi connectivity index (χ3n) is 10.7. The van der Waals surface area contributed by atoms with Crippen molar-refractivity contribution in [1.29, 1.82) is 0 Å². The van der Waals surface area contributed by atoms with Gasteiger partial charge >= 0.3 is 5.97 Å².